The Morgan fingerprint density at radius 2 is 2.29 bits per heavy atom. The lowest BCUT2D eigenvalue weighted by atomic mass is 10.2. The van der Waals surface area contributed by atoms with Crippen LogP contribution in [0.3, 0.4) is 0 Å². The molecule has 2 rings (SSSR count). The fourth-order valence-electron chi connectivity index (χ4n) is 2.08. The van der Waals surface area contributed by atoms with Gasteiger partial charge in [0, 0.05) is 22.6 Å². The molecule has 1 amide bonds. The zero-order valence-corrected chi connectivity index (χ0v) is 11.7. The number of hydrogen-bond donors (Lipinski definition) is 0. The number of halogens is 3. The Balaban J connectivity index is 2.31. The zero-order valence-electron chi connectivity index (χ0n) is 9.34. The second-order valence-electron chi connectivity index (χ2n) is 4.24. The first-order chi connectivity index (χ1) is 8.00. The first-order valence-corrected chi connectivity index (χ1v) is 6.63. The van der Waals surface area contributed by atoms with Crippen molar-refractivity contribution in [2.75, 3.05) is 6.54 Å². The lowest BCUT2D eigenvalue weighted by Crippen LogP contribution is -2.33. The Bertz CT molecular complexity index is 443. The minimum atomic E-state index is -0.573. The van der Waals surface area contributed by atoms with Crippen LogP contribution in [0.2, 0.25) is 5.02 Å². The van der Waals surface area contributed by atoms with Gasteiger partial charge >= 0.3 is 0 Å². The fourth-order valence-corrected chi connectivity index (χ4v) is 2.62. The van der Waals surface area contributed by atoms with E-state index < -0.39 is 5.82 Å². The monoisotopic (exact) mass is 319 g/mol. The van der Waals surface area contributed by atoms with Gasteiger partial charge in [0.2, 0.25) is 0 Å². The standard InChI is InChI=1S/C12H12BrClFNO/c1-7-3-2-4-16(7)12(17)8-5-9(13)11(14)10(15)6-8/h5-7H,2-4H2,1H3/t7-/m0/s1. The molecule has 0 aromatic heterocycles. The first kappa shape index (κ1) is 12.8. The molecular formula is C12H12BrClFNO. The molecule has 0 aliphatic carbocycles. The lowest BCUT2D eigenvalue weighted by Gasteiger charge is -2.21. The van der Waals surface area contributed by atoms with Gasteiger partial charge in [0.15, 0.2) is 0 Å². The Morgan fingerprint density at radius 3 is 2.82 bits per heavy atom. The maximum Gasteiger partial charge on any atom is 0.254 e. The van der Waals surface area contributed by atoms with Gasteiger partial charge in [-0.2, -0.15) is 0 Å². The molecule has 0 unspecified atom stereocenters. The van der Waals surface area contributed by atoms with Crippen LogP contribution in [-0.4, -0.2) is 23.4 Å². The topological polar surface area (TPSA) is 20.3 Å². The first-order valence-electron chi connectivity index (χ1n) is 5.46. The Kier molecular flexibility index (Phi) is 3.73. The van der Waals surface area contributed by atoms with Gasteiger partial charge in [-0.25, -0.2) is 4.39 Å². The average Bonchev–Trinajstić information content (AvgIpc) is 2.70. The normalized spacial score (nSPS) is 19.8. The van der Waals surface area contributed by atoms with E-state index in [0.717, 1.165) is 19.4 Å². The highest BCUT2D eigenvalue weighted by Crippen LogP contribution is 2.28. The van der Waals surface area contributed by atoms with E-state index in [0.29, 0.717) is 10.0 Å². The molecule has 0 N–H and O–H groups in total. The molecule has 1 heterocycles. The van der Waals surface area contributed by atoms with Crippen molar-refractivity contribution in [3.8, 4) is 0 Å². The number of nitrogens with zero attached hydrogens (tertiary/aromatic N) is 1. The molecule has 92 valence electrons. The third-order valence-electron chi connectivity index (χ3n) is 3.04. The van der Waals surface area contributed by atoms with Crippen molar-refractivity contribution in [3.05, 3.63) is 33.0 Å². The molecule has 0 bridgehead atoms. The summed E-state index contributed by atoms with van der Waals surface area (Å²) in [6, 6.07) is 2.99. The summed E-state index contributed by atoms with van der Waals surface area (Å²) in [5.41, 5.74) is 0.340. The second kappa shape index (κ2) is 4.94. The van der Waals surface area contributed by atoms with Crippen LogP contribution in [0.1, 0.15) is 30.1 Å². The number of carbonyl (C=O) groups is 1. The summed E-state index contributed by atoms with van der Waals surface area (Å²) < 4.78 is 13.9. The number of benzene rings is 1. The van der Waals surface area contributed by atoms with Crippen LogP contribution < -0.4 is 0 Å². The smallest absolute Gasteiger partial charge is 0.254 e. The van der Waals surface area contributed by atoms with Crippen molar-refractivity contribution in [2.45, 2.75) is 25.8 Å². The fraction of sp³-hybridized carbons (Fsp3) is 0.417. The van der Waals surface area contributed by atoms with Crippen molar-refractivity contribution in [3.63, 3.8) is 0 Å². The molecule has 5 heteroatoms. The van der Waals surface area contributed by atoms with Crippen molar-refractivity contribution in [1.82, 2.24) is 4.90 Å². The molecule has 1 aromatic rings. The number of hydrogen-bond acceptors (Lipinski definition) is 1. The van der Waals surface area contributed by atoms with Crippen molar-refractivity contribution in [1.29, 1.82) is 0 Å². The van der Waals surface area contributed by atoms with E-state index in [1.807, 2.05) is 6.92 Å². The van der Waals surface area contributed by atoms with Crippen molar-refractivity contribution >= 4 is 33.4 Å². The van der Waals surface area contributed by atoms with E-state index in [4.69, 9.17) is 11.6 Å². The Morgan fingerprint density at radius 1 is 1.59 bits per heavy atom. The van der Waals surface area contributed by atoms with Gasteiger partial charge in [0.25, 0.3) is 5.91 Å². The number of likely N-dealkylation sites (tertiary alicyclic amines) is 1. The molecule has 2 nitrogen and oxygen atoms in total. The average molecular weight is 321 g/mol. The van der Waals surface area contributed by atoms with E-state index in [2.05, 4.69) is 15.9 Å². The van der Waals surface area contributed by atoms with Crippen LogP contribution in [0, 0.1) is 5.82 Å². The molecule has 1 aromatic carbocycles. The highest BCUT2D eigenvalue weighted by Gasteiger charge is 2.26. The zero-order chi connectivity index (χ0) is 12.6. The number of amides is 1. The lowest BCUT2D eigenvalue weighted by molar-refractivity contribution is 0.0747. The maximum atomic E-state index is 13.5. The molecule has 1 saturated heterocycles. The summed E-state index contributed by atoms with van der Waals surface area (Å²) >= 11 is 8.84. The van der Waals surface area contributed by atoms with Gasteiger partial charge in [-0.15, -0.1) is 0 Å². The molecule has 0 spiro atoms. The highest BCUT2D eigenvalue weighted by molar-refractivity contribution is 9.10. The third-order valence-corrected chi connectivity index (χ3v) is 4.28. The summed E-state index contributed by atoms with van der Waals surface area (Å²) in [6.45, 7) is 2.74. The van der Waals surface area contributed by atoms with E-state index in [1.165, 1.54) is 6.07 Å². The van der Waals surface area contributed by atoms with Crippen LogP contribution in [0.25, 0.3) is 0 Å². The van der Waals surface area contributed by atoms with Crippen LogP contribution in [-0.2, 0) is 0 Å². The molecular weight excluding hydrogens is 308 g/mol. The minimum Gasteiger partial charge on any atom is -0.336 e. The van der Waals surface area contributed by atoms with Gasteiger partial charge in [-0.05, 0) is 47.8 Å². The molecule has 1 aliphatic rings. The summed E-state index contributed by atoms with van der Waals surface area (Å²) in [5.74, 6) is -0.706. The van der Waals surface area contributed by atoms with Crippen molar-refractivity contribution < 1.29 is 9.18 Å². The molecule has 1 aliphatic heterocycles. The van der Waals surface area contributed by atoms with E-state index in [-0.39, 0.29) is 17.0 Å². The molecule has 0 saturated carbocycles. The summed E-state index contributed by atoms with van der Waals surface area (Å²) in [5, 5.41) is 0.0102. The minimum absolute atomic E-state index is 0.0102. The third kappa shape index (κ3) is 2.47. The molecule has 1 fully saturated rings. The predicted molar refractivity (Wildman–Crippen MR) is 68.8 cm³/mol. The van der Waals surface area contributed by atoms with Crippen LogP contribution in [0.5, 0.6) is 0 Å². The van der Waals surface area contributed by atoms with Gasteiger partial charge in [0.1, 0.15) is 5.82 Å². The van der Waals surface area contributed by atoms with Crippen LogP contribution in [0.15, 0.2) is 16.6 Å². The van der Waals surface area contributed by atoms with E-state index in [9.17, 15) is 9.18 Å². The van der Waals surface area contributed by atoms with Gasteiger partial charge in [-0.3, -0.25) is 4.79 Å². The molecule has 1 atom stereocenters. The summed E-state index contributed by atoms with van der Waals surface area (Å²) in [7, 11) is 0. The van der Waals surface area contributed by atoms with Gasteiger partial charge in [0.05, 0.1) is 5.02 Å². The van der Waals surface area contributed by atoms with E-state index in [1.54, 1.807) is 11.0 Å². The van der Waals surface area contributed by atoms with Crippen LogP contribution >= 0.6 is 27.5 Å². The molecule has 17 heavy (non-hydrogen) atoms. The Hall–Kier alpha value is -0.610. The van der Waals surface area contributed by atoms with E-state index >= 15 is 0 Å². The summed E-state index contributed by atoms with van der Waals surface area (Å²) in [6.07, 6.45) is 2.01. The largest absolute Gasteiger partial charge is 0.336 e. The number of carbonyl (C=O) groups excluding carboxylic acids is 1. The predicted octanol–water partition coefficient (Wildman–Crippen LogP) is 3.87. The summed E-state index contributed by atoms with van der Waals surface area (Å²) in [4.78, 5) is 13.9. The highest BCUT2D eigenvalue weighted by atomic mass is 79.9. The molecule has 0 radical (unpaired) electrons. The maximum absolute atomic E-state index is 13.5. The number of rotatable bonds is 1. The second-order valence-corrected chi connectivity index (χ2v) is 5.48. The van der Waals surface area contributed by atoms with Gasteiger partial charge in [-0.1, -0.05) is 11.6 Å². The van der Waals surface area contributed by atoms with Gasteiger partial charge < -0.3 is 4.90 Å². The van der Waals surface area contributed by atoms with Crippen LogP contribution in [0.4, 0.5) is 4.39 Å². The SMILES string of the molecule is C[C@H]1CCCN1C(=O)c1cc(F)c(Cl)c(Br)c1. The Labute approximate surface area is 113 Å². The quantitative estimate of drug-likeness (QED) is 0.719. The van der Waals surface area contributed by atoms with Crippen molar-refractivity contribution in [2.24, 2.45) is 0 Å².